The van der Waals surface area contributed by atoms with Crippen molar-refractivity contribution in [2.24, 2.45) is 0 Å². The third-order valence-corrected chi connectivity index (χ3v) is 3.70. The Kier molecular flexibility index (Phi) is 5.23. The van der Waals surface area contributed by atoms with Gasteiger partial charge < -0.3 is 14.8 Å². The Hall–Kier alpha value is -2.00. The number of methoxy groups -OCH3 is 2. The maximum absolute atomic E-state index is 5.43. The van der Waals surface area contributed by atoms with Crippen molar-refractivity contribution in [1.82, 2.24) is 5.32 Å². The van der Waals surface area contributed by atoms with Gasteiger partial charge in [-0.05, 0) is 37.6 Å². The molecule has 0 fully saturated rings. The van der Waals surface area contributed by atoms with E-state index in [1.54, 1.807) is 14.2 Å². The zero-order valence-electron chi connectivity index (χ0n) is 13.1. The van der Waals surface area contributed by atoms with Crippen LogP contribution in [0.15, 0.2) is 48.5 Å². The third kappa shape index (κ3) is 3.76. The van der Waals surface area contributed by atoms with Gasteiger partial charge in [-0.15, -0.1) is 0 Å². The molecule has 0 aliphatic heterocycles. The van der Waals surface area contributed by atoms with Gasteiger partial charge in [0.15, 0.2) is 0 Å². The van der Waals surface area contributed by atoms with Crippen LogP contribution in [0.25, 0.3) is 0 Å². The van der Waals surface area contributed by atoms with E-state index in [0.717, 1.165) is 17.1 Å². The molecule has 21 heavy (non-hydrogen) atoms. The van der Waals surface area contributed by atoms with Crippen molar-refractivity contribution in [3.8, 4) is 11.5 Å². The number of rotatable bonds is 6. The monoisotopic (exact) mass is 285 g/mol. The topological polar surface area (TPSA) is 30.5 Å². The first-order chi connectivity index (χ1) is 10.2. The number of ether oxygens (including phenoxy) is 2. The number of hydrogen-bond acceptors (Lipinski definition) is 3. The second-order valence-electron chi connectivity index (χ2n) is 5.13. The summed E-state index contributed by atoms with van der Waals surface area (Å²) in [5.41, 5.74) is 2.37. The van der Waals surface area contributed by atoms with Crippen LogP contribution < -0.4 is 14.8 Å². The maximum Gasteiger partial charge on any atom is 0.123 e. The first-order valence-electron chi connectivity index (χ1n) is 7.18. The second-order valence-corrected chi connectivity index (χ2v) is 5.13. The highest BCUT2D eigenvalue weighted by molar-refractivity contribution is 5.36. The molecule has 0 aliphatic carbocycles. The zero-order valence-corrected chi connectivity index (χ0v) is 13.1. The van der Waals surface area contributed by atoms with Gasteiger partial charge in [-0.3, -0.25) is 0 Å². The van der Waals surface area contributed by atoms with E-state index in [4.69, 9.17) is 9.47 Å². The quantitative estimate of drug-likeness (QED) is 0.866. The number of para-hydroxylation sites is 1. The summed E-state index contributed by atoms with van der Waals surface area (Å²) in [7, 11) is 3.39. The lowest BCUT2D eigenvalue weighted by molar-refractivity contribution is 0.395. The maximum atomic E-state index is 5.43. The minimum absolute atomic E-state index is 0.197. The lowest BCUT2D eigenvalue weighted by atomic mass is 10.0. The summed E-state index contributed by atoms with van der Waals surface area (Å²) in [6, 6.07) is 16.7. The van der Waals surface area contributed by atoms with Crippen LogP contribution in [0.2, 0.25) is 0 Å². The Morgan fingerprint density at radius 2 is 1.62 bits per heavy atom. The van der Waals surface area contributed by atoms with Crippen LogP contribution in [0.3, 0.4) is 0 Å². The molecular formula is C18H23NO2. The average Bonchev–Trinajstić information content (AvgIpc) is 2.54. The summed E-state index contributed by atoms with van der Waals surface area (Å²) in [5.74, 6) is 1.79. The summed E-state index contributed by atoms with van der Waals surface area (Å²) in [6.07, 6.45) is 0. The van der Waals surface area contributed by atoms with E-state index in [2.05, 4.69) is 37.4 Å². The van der Waals surface area contributed by atoms with Gasteiger partial charge in [0.1, 0.15) is 11.5 Å². The zero-order chi connectivity index (χ0) is 15.2. The molecule has 3 heteroatoms. The molecule has 0 spiro atoms. The van der Waals surface area contributed by atoms with E-state index in [9.17, 15) is 0 Å². The molecule has 2 aromatic carbocycles. The first-order valence-corrected chi connectivity index (χ1v) is 7.18. The van der Waals surface area contributed by atoms with E-state index in [0.29, 0.717) is 0 Å². The second kappa shape index (κ2) is 7.14. The summed E-state index contributed by atoms with van der Waals surface area (Å²) in [4.78, 5) is 0. The molecule has 0 bridgehead atoms. The van der Waals surface area contributed by atoms with Gasteiger partial charge in [0.2, 0.25) is 0 Å². The van der Waals surface area contributed by atoms with Crippen molar-refractivity contribution >= 4 is 0 Å². The Morgan fingerprint density at radius 1 is 0.857 bits per heavy atom. The third-order valence-electron chi connectivity index (χ3n) is 3.70. The Morgan fingerprint density at radius 3 is 2.33 bits per heavy atom. The highest BCUT2D eigenvalue weighted by atomic mass is 16.5. The molecule has 0 amide bonds. The molecule has 2 rings (SSSR count). The van der Waals surface area contributed by atoms with Gasteiger partial charge >= 0.3 is 0 Å². The molecule has 0 aromatic heterocycles. The van der Waals surface area contributed by atoms with E-state index in [1.165, 1.54) is 5.56 Å². The number of benzene rings is 2. The molecule has 0 radical (unpaired) electrons. The predicted molar refractivity (Wildman–Crippen MR) is 86.0 cm³/mol. The van der Waals surface area contributed by atoms with Crippen LogP contribution in [0.5, 0.6) is 11.5 Å². The number of hydrogen-bond donors (Lipinski definition) is 1. The first kappa shape index (κ1) is 15.4. The van der Waals surface area contributed by atoms with Crippen molar-refractivity contribution in [3.05, 3.63) is 59.7 Å². The molecular weight excluding hydrogens is 262 g/mol. The van der Waals surface area contributed by atoms with Gasteiger partial charge in [-0.1, -0.05) is 30.3 Å². The highest BCUT2D eigenvalue weighted by Gasteiger charge is 2.14. The van der Waals surface area contributed by atoms with Crippen LogP contribution in [0, 0.1) is 0 Å². The van der Waals surface area contributed by atoms with Gasteiger partial charge in [-0.2, -0.15) is 0 Å². The lowest BCUT2D eigenvalue weighted by Crippen LogP contribution is -2.22. The molecule has 3 nitrogen and oxygen atoms in total. The lowest BCUT2D eigenvalue weighted by Gasteiger charge is -2.22. The van der Waals surface area contributed by atoms with Crippen LogP contribution >= 0.6 is 0 Å². The van der Waals surface area contributed by atoms with E-state index < -0.39 is 0 Å². The fraction of sp³-hybridized carbons (Fsp3) is 0.333. The smallest absolute Gasteiger partial charge is 0.123 e. The number of nitrogens with one attached hydrogen (secondary N) is 1. The average molecular weight is 285 g/mol. The van der Waals surface area contributed by atoms with E-state index in [-0.39, 0.29) is 12.1 Å². The van der Waals surface area contributed by atoms with Crippen LogP contribution in [-0.2, 0) is 0 Å². The summed E-state index contributed by atoms with van der Waals surface area (Å²) < 4.78 is 10.7. The fourth-order valence-electron chi connectivity index (χ4n) is 2.50. The van der Waals surface area contributed by atoms with Crippen molar-refractivity contribution < 1.29 is 9.47 Å². The highest BCUT2D eigenvalue weighted by Crippen LogP contribution is 2.27. The van der Waals surface area contributed by atoms with Crippen LogP contribution in [0.4, 0.5) is 0 Å². The molecule has 2 aromatic rings. The molecule has 0 saturated carbocycles. The van der Waals surface area contributed by atoms with E-state index >= 15 is 0 Å². The summed E-state index contributed by atoms with van der Waals surface area (Å²) in [6.45, 7) is 4.30. The Labute approximate surface area is 126 Å². The molecule has 0 aliphatic rings. The SMILES string of the molecule is COc1cccc(C(C)NC(C)c2ccccc2OC)c1. The van der Waals surface area contributed by atoms with Crippen molar-refractivity contribution in [3.63, 3.8) is 0 Å². The minimum Gasteiger partial charge on any atom is -0.497 e. The molecule has 112 valence electrons. The van der Waals surface area contributed by atoms with Gasteiger partial charge in [-0.25, -0.2) is 0 Å². The van der Waals surface area contributed by atoms with Crippen molar-refractivity contribution in [2.45, 2.75) is 25.9 Å². The fourth-order valence-corrected chi connectivity index (χ4v) is 2.50. The normalized spacial score (nSPS) is 13.5. The largest absolute Gasteiger partial charge is 0.497 e. The molecule has 0 heterocycles. The van der Waals surface area contributed by atoms with Crippen LogP contribution in [0.1, 0.15) is 37.1 Å². The van der Waals surface area contributed by atoms with Crippen LogP contribution in [-0.4, -0.2) is 14.2 Å². The van der Waals surface area contributed by atoms with Crippen molar-refractivity contribution in [2.75, 3.05) is 14.2 Å². The standard InChI is InChI=1S/C18H23NO2/c1-13(15-8-7-9-16(12-15)20-3)19-14(2)17-10-5-6-11-18(17)21-4/h5-14,19H,1-4H3. The molecule has 2 atom stereocenters. The predicted octanol–water partition coefficient (Wildman–Crippen LogP) is 4.12. The van der Waals surface area contributed by atoms with Gasteiger partial charge in [0, 0.05) is 17.6 Å². The molecule has 0 saturated heterocycles. The summed E-state index contributed by atoms with van der Waals surface area (Å²) >= 11 is 0. The molecule has 2 unspecified atom stereocenters. The Bertz CT molecular complexity index is 583. The van der Waals surface area contributed by atoms with Gasteiger partial charge in [0.05, 0.1) is 14.2 Å². The summed E-state index contributed by atoms with van der Waals surface area (Å²) in [5, 5.41) is 3.60. The Balaban J connectivity index is 2.12. The molecule has 1 N–H and O–H groups in total. The van der Waals surface area contributed by atoms with Crippen molar-refractivity contribution in [1.29, 1.82) is 0 Å². The van der Waals surface area contributed by atoms with Gasteiger partial charge in [0.25, 0.3) is 0 Å². The van der Waals surface area contributed by atoms with E-state index in [1.807, 2.05) is 30.3 Å². The minimum atomic E-state index is 0.197.